The van der Waals surface area contributed by atoms with Crippen LogP contribution in [-0.2, 0) is 5.60 Å². The second-order valence-corrected chi connectivity index (χ2v) is 5.09. The molecule has 1 aliphatic carbocycles. The number of rotatable bonds is 3. The molecule has 0 heterocycles. The standard InChI is InChI=1S/C12H14BrFO/c1-2-3-8-7-12(8,15)10-5-4-9(14)6-11(10)13/h4-6,8,15H,2-3,7H2,1H3. The lowest BCUT2D eigenvalue weighted by atomic mass is 10.0. The van der Waals surface area contributed by atoms with Crippen molar-refractivity contribution in [2.24, 2.45) is 5.92 Å². The summed E-state index contributed by atoms with van der Waals surface area (Å²) < 4.78 is 13.6. The zero-order valence-corrected chi connectivity index (χ0v) is 10.2. The third-order valence-electron chi connectivity index (χ3n) is 3.11. The van der Waals surface area contributed by atoms with Crippen molar-refractivity contribution < 1.29 is 9.50 Å². The first-order chi connectivity index (χ1) is 7.08. The predicted octanol–water partition coefficient (Wildman–Crippen LogP) is 3.60. The highest BCUT2D eigenvalue weighted by atomic mass is 79.9. The van der Waals surface area contributed by atoms with Crippen LogP contribution in [-0.4, -0.2) is 5.11 Å². The Labute approximate surface area is 97.4 Å². The van der Waals surface area contributed by atoms with Crippen molar-refractivity contribution in [3.63, 3.8) is 0 Å². The Kier molecular flexibility index (Phi) is 2.86. The summed E-state index contributed by atoms with van der Waals surface area (Å²) in [6.45, 7) is 2.11. The topological polar surface area (TPSA) is 20.2 Å². The normalized spacial score (nSPS) is 29.2. The summed E-state index contributed by atoms with van der Waals surface area (Å²) in [6, 6.07) is 4.49. The Morgan fingerprint density at radius 3 is 2.93 bits per heavy atom. The smallest absolute Gasteiger partial charge is 0.124 e. The molecule has 0 saturated heterocycles. The van der Waals surface area contributed by atoms with Gasteiger partial charge < -0.3 is 5.11 Å². The first-order valence-corrected chi connectivity index (χ1v) is 6.05. The summed E-state index contributed by atoms with van der Waals surface area (Å²) >= 11 is 3.30. The molecule has 3 heteroatoms. The summed E-state index contributed by atoms with van der Waals surface area (Å²) in [4.78, 5) is 0. The maximum atomic E-state index is 12.9. The van der Waals surface area contributed by atoms with E-state index in [2.05, 4.69) is 22.9 Å². The fourth-order valence-corrected chi connectivity index (χ4v) is 2.87. The van der Waals surface area contributed by atoms with E-state index in [1.807, 2.05) is 0 Å². The van der Waals surface area contributed by atoms with E-state index >= 15 is 0 Å². The van der Waals surface area contributed by atoms with E-state index in [9.17, 15) is 9.50 Å². The van der Waals surface area contributed by atoms with Crippen LogP contribution in [0.5, 0.6) is 0 Å². The van der Waals surface area contributed by atoms with Crippen LogP contribution in [0.3, 0.4) is 0 Å². The molecular weight excluding hydrogens is 259 g/mol. The van der Waals surface area contributed by atoms with E-state index in [-0.39, 0.29) is 5.82 Å². The van der Waals surface area contributed by atoms with E-state index in [4.69, 9.17) is 0 Å². The summed E-state index contributed by atoms with van der Waals surface area (Å²) in [7, 11) is 0. The molecule has 0 spiro atoms. The van der Waals surface area contributed by atoms with E-state index in [0.717, 1.165) is 24.8 Å². The van der Waals surface area contributed by atoms with Gasteiger partial charge in [-0.3, -0.25) is 0 Å². The summed E-state index contributed by atoms with van der Waals surface area (Å²) in [6.07, 6.45) is 2.90. The second kappa shape index (κ2) is 3.87. The molecule has 0 amide bonds. The third-order valence-corrected chi connectivity index (χ3v) is 3.76. The van der Waals surface area contributed by atoms with Crippen molar-refractivity contribution >= 4 is 15.9 Å². The molecule has 2 unspecified atom stereocenters. The number of halogens is 2. The van der Waals surface area contributed by atoms with E-state index in [1.165, 1.54) is 12.1 Å². The first-order valence-electron chi connectivity index (χ1n) is 5.26. The highest BCUT2D eigenvalue weighted by Gasteiger charge is 2.53. The largest absolute Gasteiger partial charge is 0.385 e. The molecule has 0 aromatic heterocycles. The number of benzene rings is 1. The van der Waals surface area contributed by atoms with Gasteiger partial charge in [0, 0.05) is 4.47 Å². The Hall–Kier alpha value is -0.410. The van der Waals surface area contributed by atoms with Crippen molar-refractivity contribution in [1.82, 2.24) is 0 Å². The van der Waals surface area contributed by atoms with Crippen molar-refractivity contribution in [3.05, 3.63) is 34.1 Å². The molecule has 1 aromatic rings. The van der Waals surface area contributed by atoms with Crippen molar-refractivity contribution in [2.75, 3.05) is 0 Å². The minimum atomic E-state index is -0.720. The molecular formula is C12H14BrFO. The van der Waals surface area contributed by atoms with Crippen molar-refractivity contribution in [2.45, 2.75) is 31.8 Å². The second-order valence-electron chi connectivity index (χ2n) is 4.24. The first kappa shape index (κ1) is 11.1. The minimum absolute atomic E-state index is 0.276. The maximum Gasteiger partial charge on any atom is 0.124 e. The average Bonchev–Trinajstić information content (AvgIpc) is 2.78. The fraction of sp³-hybridized carbons (Fsp3) is 0.500. The van der Waals surface area contributed by atoms with Crippen LogP contribution in [0.1, 0.15) is 31.7 Å². The molecule has 1 aliphatic rings. The van der Waals surface area contributed by atoms with Gasteiger partial charge in [0.1, 0.15) is 5.82 Å². The molecule has 1 saturated carbocycles. The molecule has 82 valence electrons. The SMILES string of the molecule is CCCC1CC1(O)c1ccc(F)cc1Br. The van der Waals surface area contributed by atoms with Gasteiger partial charge in [-0.1, -0.05) is 35.3 Å². The van der Waals surface area contributed by atoms with Gasteiger partial charge in [-0.25, -0.2) is 4.39 Å². The number of hydrogen-bond donors (Lipinski definition) is 1. The van der Waals surface area contributed by atoms with Crippen LogP contribution in [0.25, 0.3) is 0 Å². The van der Waals surface area contributed by atoms with Gasteiger partial charge in [0.2, 0.25) is 0 Å². The van der Waals surface area contributed by atoms with Gasteiger partial charge >= 0.3 is 0 Å². The summed E-state index contributed by atoms with van der Waals surface area (Å²) in [5, 5.41) is 10.3. The molecule has 0 bridgehead atoms. The van der Waals surface area contributed by atoms with Crippen molar-refractivity contribution in [1.29, 1.82) is 0 Å². The van der Waals surface area contributed by atoms with Crippen LogP contribution < -0.4 is 0 Å². The van der Waals surface area contributed by atoms with Gasteiger partial charge in [0.25, 0.3) is 0 Å². The molecule has 15 heavy (non-hydrogen) atoms. The monoisotopic (exact) mass is 272 g/mol. The summed E-state index contributed by atoms with van der Waals surface area (Å²) in [5.41, 5.74) is 0.102. The van der Waals surface area contributed by atoms with E-state index in [0.29, 0.717) is 10.4 Å². The van der Waals surface area contributed by atoms with Crippen LogP contribution in [0.4, 0.5) is 4.39 Å². The quantitative estimate of drug-likeness (QED) is 0.892. The third kappa shape index (κ3) is 1.95. The Bertz CT molecular complexity index is 380. The summed E-state index contributed by atoms with van der Waals surface area (Å²) in [5.74, 6) is 0.0613. The Balaban J connectivity index is 2.24. The Morgan fingerprint density at radius 1 is 1.60 bits per heavy atom. The maximum absolute atomic E-state index is 12.9. The van der Waals surface area contributed by atoms with E-state index < -0.39 is 5.60 Å². The van der Waals surface area contributed by atoms with Crippen LogP contribution >= 0.6 is 15.9 Å². The zero-order valence-electron chi connectivity index (χ0n) is 8.63. The van der Waals surface area contributed by atoms with Gasteiger partial charge in [-0.05, 0) is 36.5 Å². The molecule has 2 atom stereocenters. The minimum Gasteiger partial charge on any atom is -0.385 e. The zero-order chi connectivity index (χ0) is 11.1. The highest BCUT2D eigenvalue weighted by molar-refractivity contribution is 9.10. The van der Waals surface area contributed by atoms with Crippen molar-refractivity contribution in [3.8, 4) is 0 Å². The molecule has 0 aliphatic heterocycles. The molecule has 1 aromatic carbocycles. The van der Waals surface area contributed by atoms with Crippen LogP contribution in [0.2, 0.25) is 0 Å². The molecule has 1 fully saturated rings. The van der Waals surface area contributed by atoms with E-state index in [1.54, 1.807) is 6.07 Å². The van der Waals surface area contributed by atoms with Gasteiger partial charge in [0.05, 0.1) is 5.60 Å². The van der Waals surface area contributed by atoms with Crippen LogP contribution in [0.15, 0.2) is 22.7 Å². The molecule has 0 radical (unpaired) electrons. The lowest BCUT2D eigenvalue weighted by Crippen LogP contribution is -2.09. The van der Waals surface area contributed by atoms with Gasteiger partial charge in [-0.2, -0.15) is 0 Å². The Morgan fingerprint density at radius 2 is 2.33 bits per heavy atom. The fourth-order valence-electron chi connectivity index (χ4n) is 2.18. The molecule has 2 rings (SSSR count). The lowest BCUT2D eigenvalue weighted by Gasteiger charge is -2.12. The van der Waals surface area contributed by atoms with Gasteiger partial charge in [0.15, 0.2) is 0 Å². The number of hydrogen-bond acceptors (Lipinski definition) is 1. The van der Waals surface area contributed by atoms with Crippen LogP contribution in [0, 0.1) is 11.7 Å². The molecule has 1 nitrogen and oxygen atoms in total. The molecule has 1 N–H and O–H groups in total. The average molecular weight is 273 g/mol. The van der Waals surface area contributed by atoms with Gasteiger partial charge in [-0.15, -0.1) is 0 Å². The highest BCUT2D eigenvalue weighted by Crippen LogP contribution is 2.55. The predicted molar refractivity (Wildman–Crippen MR) is 61.0 cm³/mol. The number of aliphatic hydroxyl groups is 1. The lowest BCUT2D eigenvalue weighted by molar-refractivity contribution is 0.128.